The number of piperazine rings is 1. The number of methoxy groups -OCH3 is 2. The molecule has 0 aromatic heterocycles. The van der Waals surface area contributed by atoms with E-state index in [1.807, 2.05) is 32.0 Å². The zero-order chi connectivity index (χ0) is 22.2. The molecule has 1 heterocycles. The van der Waals surface area contributed by atoms with Gasteiger partial charge in [0.25, 0.3) is 0 Å². The van der Waals surface area contributed by atoms with E-state index in [4.69, 9.17) is 9.47 Å². The highest BCUT2D eigenvalue weighted by Crippen LogP contribution is 2.21. The summed E-state index contributed by atoms with van der Waals surface area (Å²) in [6.45, 7) is 7.17. The van der Waals surface area contributed by atoms with Crippen LogP contribution >= 0.6 is 0 Å². The van der Waals surface area contributed by atoms with Gasteiger partial charge in [0.15, 0.2) is 0 Å². The summed E-state index contributed by atoms with van der Waals surface area (Å²) in [6.07, 6.45) is 10.1. The predicted molar refractivity (Wildman–Crippen MR) is 122 cm³/mol. The Morgan fingerprint density at radius 1 is 1.27 bits per heavy atom. The van der Waals surface area contributed by atoms with Crippen molar-refractivity contribution in [3.8, 4) is 0 Å². The number of hydrogen-bond donors (Lipinski definition) is 1. The summed E-state index contributed by atoms with van der Waals surface area (Å²) in [5.41, 5.74) is 2.93. The standard InChI is InChI=1S/C14H18N2O3.C8H12O.C2H6/c1-19-14(18)8-13-9-15-5-6-16(13)12-4-2-3-11(7-12)10-17;1-9-7-8-5-3-2-4-6-8;1-2/h2-4,7,10,13,15H,5-6,8-9H2,1H3;3,5-6H,2,4,7H2,1H3;1-2H3. The van der Waals surface area contributed by atoms with Gasteiger partial charge in [0, 0.05) is 38.0 Å². The Labute approximate surface area is 180 Å². The molecule has 6 nitrogen and oxygen atoms in total. The van der Waals surface area contributed by atoms with Crippen LogP contribution in [0.25, 0.3) is 0 Å². The minimum absolute atomic E-state index is 0.0584. The van der Waals surface area contributed by atoms with Gasteiger partial charge in [-0.2, -0.15) is 0 Å². The molecule has 1 N–H and O–H groups in total. The fraction of sp³-hybridized carbons (Fsp3) is 0.500. The van der Waals surface area contributed by atoms with Crippen molar-refractivity contribution in [1.82, 2.24) is 5.32 Å². The molecule has 6 heteroatoms. The van der Waals surface area contributed by atoms with Crippen molar-refractivity contribution in [2.24, 2.45) is 0 Å². The molecule has 1 unspecified atom stereocenters. The molecule has 0 spiro atoms. The molecular weight excluding hydrogens is 380 g/mol. The fourth-order valence-corrected chi connectivity index (χ4v) is 3.28. The number of carbonyl (C=O) groups is 2. The fourth-order valence-electron chi connectivity index (χ4n) is 3.28. The van der Waals surface area contributed by atoms with E-state index in [9.17, 15) is 9.59 Å². The summed E-state index contributed by atoms with van der Waals surface area (Å²) < 4.78 is 9.69. The molecular formula is C24H36N2O4. The maximum atomic E-state index is 11.4. The average molecular weight is 417 g/mol. The number of rotatable bonds is 6. The average Bonchev–Trinajstić information content (AvgIpc) is 2.82. The first-order valence-electron chi connectivity index (χ1n) is 10.6. The smallest absolute Gasteiger partial charge is 0.307 e. The van der Waals surface area contributed by atoms with Crippen LogP contribution in [-0.2, 0) is 14.3 Å². The SMILES string of the molecule is CC.COC(=O)CC1CNCCN1c1cccc(C=O)c1.COCC1=CCCC=C1. The number of aldehydes is 1. The molecule has 1 fully saturated rings. The Morgan fingerprint density at radius 3 is 2.70 bits per heavy atom. The molecule has 0 bridgehead atoms. The van der Waals surface area contributed by atoms with E-state index in [-0.39, 0.29) is 12.0 Å². The quantitative estimate of drug-likeness (QED) is 0.562. The van der Waals surface area contributed by atoms with Crippen molar-refractivity contribution < 1.29 is 19.1 Å². The van der Waals surface area contributed by atoms with Crippen LogP contribution in [0.5, 0.6) is 0 Å². The molecule has 0 amide bonds. The summed E-state index contributed by atoms with van der Waals surface area (Å²) in [5, 5.41) is 3.27. The number of nitrogens with zero attached hydrogens (tertiary/aromatic N) is 1. The minimum Gasteiger partial charge on any atom is -0.469 e. The second-order valence-corrected chi connectivity index (χ2v) is 6.74. The van der Waals surface area contributed by atoms with Crippen LogP contribution in [0.15, 0.2) is 48.1 Å². The summed E-state index contributed by atoms with van der Waals surface area (Å²) in [7, 11) is 3.12. The first-order valence-corrected chi connectivity index (χ1v) is 10.6. The van der Waals surface area contributed by atoms with E-state index < -0.39 is 0 Å². The molecule has 1 aromatic carbocycles. The van der Waals surface area contributed by atoms with Gasteiger partial charge >= 0.3 is 5.97 Å². The molecule has 0 saturated carbocycles. The van der Waals surface area contributed by atoms with E-state index >= 15 is 0 Å². The Kier molecular flexibility index (Phi) is 13.1. The van der Waals surface area contributed by atoms with Gasteiger partial charge in [-0.15, -0.1) is 0 Å². The molecule has 1 atom stereocenters. The largest absolute Gasteiger partial charge is 0.469 e. The molecule has 1 aliphatic heterocycles. The maximum absolute atomic E-state index is 11.4. The number of hydrogen-bond acceptors (Lipinski definition) is 6. The molecule has 1 saturated heterocycles. The number of anilines is 1. The first kappa shape index (κ1) is 25.6. The van der Waals surface area contributed by atoms with E-state index in [1.165, 1.54) is 25.5 Å². The molecule has 3 rings (SSSR count). The van der Waals surface area contributed by atoms with Gasteiger partial charge in [0.05, 0.1) is 26.2 Å². The van der Waals surface area contributed by atoms with Crippen molar-refractivity contribution in [2.45, 2.75) is 39.2 Å². The van der Waals surface area contributed by atoms with Crippen LogP contribution in [0, 0.1) is 0 Å². The first-order chi connectivity index (χ1) is 14.7. The third-order valence-electron chi connectivity index (χ3n) is 4.70. The maximum Gasteiger partial charge on any atom is 0.307 e. The molecule has 0 radical (unpaired) electrons. The topological polar surface area (TPSA) is 67.9 Å². The zero-order valence-electron chi connectivity index (χ0n) is 18.7. The molecule has 166 valence electrons. The van der Waals surface area contributed by atoms with E-state index in [2.05, 4.69) is 28.4 Å². The van der Waals surface area contributed by atoms with Crippen LogP contribution in [0.4, 0.5) is 5.69 Å². The molecule has 30 heavy (non-hydrogen) atoms. The Bertz CT molecular complexity index is 700. The monoisotopic (exact) mass is 416 g/mol. The van der Waals surface area contributed by atoms with Crippen molar-refractivity contribution in [1.29, 1.82) is 0 Å². The third-order valence-corrected chi connectivity index (χ3v) is 4.70. The van der Waals surface area contributed by atoms with Crippen LogP contribution in [-0.4, -0.2) is 58.8 Å². The third kappa shape index (κ3) is 8.93. The van der Waals surface area contributed by atoms with Gasteiger partial charge in [-0.3, -0.25) is 9.59 Å². The lowest BCUT2D eigenvalue weighted by Gasteiger charge is -2.37. The lowest BCUT2D eigenvalue weighted by molar-refractivity contribution is -0.141. The van der Waals surface area contributed by atoms with E-state index in [1.54, 1.807) is 13.2 Å². The summed E-state index contributed by atoms with van der Waals surface area (Å²) in [6, 6.07) is 7.50. The molecule has 1 aliphatic carbocycles. The summed E-state index contributed by atoms with van der Waals surface area (Å²) in [5.74, 6) is -0.217. The molecule has 2 aliphatic rings. The summed E-state index contributed by atoms with van der Waals surface area (Å²) >= 11 is 0. The van der Waals surface area contributed by atoms with Crippen LogP contribution in [0.1, 0.15) is 43.5 Å². The number of allylic oxidation sites excluding steroid dienone is 2. The van der Waals surface area contributed by atoms with Gasteiger partial charge in [-0.1, -0.05) is 44.2 Å². The Morgan fingerprint density at radius 2 is 2.07 bits per heavy atom. The van der Waals surface area contributed by atoms with Crippen LogP contribution in [0.3, 0.4) is 0 Å². The van der Waals surface area contributed by atoms with Crippen molar-refractivity contribution >= 4 is 17.9 Å². The Balaban J connectivity index is 0.000000342. The predicted octanol–water partition coefficient (Wildman–Crippen LogP) is 3.78. The van der Waals surface area contributed by atoms with Crippen molar-refractivity contribution in [2.75, 3.05) is 45.4 Å². The van der Waals surface area contributed by atoms with Gasteiger partial charge in [-0.25, -0.2) is 0 Å². The second-order valence-electron chi connectivity index (χ2n) is 6.74. The van der Waals surface area contributed by atoms with Crippen LogP contribution in [0.2, 0.25) is 0 Å². The number of carbonyl (C=O) groups excluding carboxylic acids is 2. The number of ether oxygens (including phenoxy) is 2. The lowest BCUT2D eigenvalue weighted by atomic mass is 10.1. The summed E-state index contributed by atoms with van der Waals surface area (Å²) in [4.78, 5) is 24.4. The van der Waals surface area contributed by atoms with Gasteiger partial charge < -0.3 is 19.7 Å². The Hall–Kier alpha value is -2.44. The lowest BCUT2D eigenvalue weighted by Crippen LogP contribution is -2.52. The van der Waals surface area contributed by atoms with Gasteiger partial charge in [0.1, 0.15) is 6.29 Å². The highest BCUT2D eigenvalue weighted by Gasteiger charge is 2.25. The van der Waals surface area contributed by atoms with Crippen molar-refractivity contribution in [3.63, 3.8) is 0 Å². The van der Waals surface area contributed by atoms with E-state index in [0.29, 0.717) is 12.0 Å². The van der Waals surface area contributed by atoms with Gasteiger partial charge in [-0.05, 0) is 30.5 Å². The second kappa shape index (κ2) is 15.4. The highest BCUT2D eigenvalue weighted by molar-refractivity contribution is 5.77. The number of benzene rings is 1. The zero-order valence-corrected chi connectivity index (χ0v) is 18.7. The van der Waals surface area contributed by atoms with E-state index in [0.717, 1.165) is 38.2 Å². The van der Waals surface area contributed by atoms with Crippen LogP contribution < -0.4 is 10.2 Å². The minimum atomic E-state index is -0.217. The number of esters is 1. The normalized spacial score (nSPS) is 17.5. The number of nitrogens with one attached hydrogen (secondary N) is 1. The van der Waals surface area contributed by atoms with Gasteiger partial charge in [0.2, 0.25) is 0 Å². The molecule has 1 aromatic rings. The van der Waals surface area contributed by atoms with Crippen molar-refractivity contribution in [3.05, 3.63) is 53.6 Å². The highest BCUT2D eigenvalue weighted by atomic mass is 16.5.